The lowest BCUT2D eigenvalue weighted by Crippen LogP contribution is -2.46. The Kier molecular flexibility index (Phi) is 7.15. The molecule has 0 saturated carbocycles. The molecule has 42 heavy (non-hydrogen) atoms. The van der Waals surface area contributed by atoms with Crippen LogP contribution in [0.25, 0.3) is 11.2 Å². The van der Waals surface area contributed by atoms with Crippen molar-refractivity contribution in [1.29, 1.82) is 0 Å². The SMILES string of the molecule is Cn1cnnc1Cc1cccc(-n2cc3c(C(F)(F)F)cc(CN4CCN(c5ccc(C=O)cc5)CC4)cn3c2=O)c1. The molecule has 0 spiro atoms. The van der Waals surface area contributed by atoms with Crippen LogP contribution >= 0.6 is 0 Å². The Morgan fingerprint density at radius 1 is 0.929 bits per heavy atom. The number of aldehydes is 1. The van der Waals surface area contributed by atoms with E-state index in [1.807, 2.05) is 25.2 Å². The zero-order valence-corrected chi connectivity index (χ0v) is 22.8. The van der Waals surface area contributed by atoms with Gasteiger partial charge in [-0.3, -0.25) is 18.7 Å². The monoisotopic (exact) mass is 575 g/mol. The molecule has 0 bridgehead atoms. The largest absolute Gasteiger partial charge is 0.418 e. The minimum absolute atomic E-state index is 0.196. The summed E-state index contributed by atoms with van der Waals surface area (Å²) in [6, 6.07) is 15.6. The van der Waals surface area contributed by atoms with Crippen LogP contribution in [0.2, 0.25) is 0 Å². The molecule has 1 aliphatic rings. The standard InChI is InChI=1S/C30H28F3N7O2/c1-36-20-34-35-28(36)15-22-3-2-4-25(13-22)39-18-27-26(30(31,32)33)14-23(17-40(27)29(39)42)16-37-9-11-38(12-10-37)24-7-5-21(19-41)6-8-24/h2-8,13-14,17-20H,9-12,15-16H2,1H3. The van der Waals surface area contributed by atoms with E-state index in [4.69, 9.17) is 0 Å². The van der Waals surface area contributed by atoms with E-state index in [0.717, 1.165) is 33.8 Å². The third kappa shape index (κ3) is 5.45. The number of hydrogen-bond donors (Lipinski definition) is 0. The van der Waals surface area contributed by atoms with Crippen molar-refractivity contribution in [1.82, 2.24) is 28.6 Å². The van der Waals surface area contributed by atoms with Crippen LogP contribution in [-0.4, -0.2) is 61.1 Å². The predicted octanol–water partition coefficient (Wildman–Crippen LogP) is 3.96. The van der Waals surface area contributed by atoms with Crippen molar-refractivity contribution in [2.75, 3.05) is 31.1 Å². The van der Waals surface area contributed by atoms with Gasteiger partial charge in [-0.1, -0.05) is 12.1 Å². The van der Waals surface area contributed by atoms with E-state index in [0.29, 0.717) is 49.4 Å². The molecule has 0 amide bonds. The number of benzene rings is 2. The van der Waals surface area contributed by atoms with Crippen LogP contribution in [0.3, 0.4) is 0 Å². The Hall–Kier alpha value is -4.71. The number of piperazine rings is 1. The molecule has 9 nitrogen and oxygen atoms in total. The van der Waals surface area contributed by atoms with E-state index in [1.165, 1.54) is 17.0 Å². The van der Waals surface area contributed by atoms with Crippen molar-refractivity contribution >= 4 is 17.5 Å². The minimum Gasteiger partial charge on any atom is -0.369 e. The number of fused-ring (bicyclic) bond motifs is 1. The number of hydrogen-bond acceptors (Lipinski definition) is 6. The first kappa shape index (κ1) is 27.5. The van der Waals surface area contributed by atoms with Crippen molar-refractivity contribution in [3.8, 4) is 5.69 Å². The molecule has 4 heterocycles. The van der Waals surface area contributed by atoms with Gasteiger partial charge in [-0.05, 0) is 53.6 Å². The number of anilines is 1. The predicted molar refractivity (Wildman–Crippen MR) is 151 cm³/mol. The van der Waals surface area contributed by atoms with Crippen LogP contribution in [0.15, 0.2) is 78.1 Å². The average molecular weight is 576 g/mol. The molecular weight excluding hydrogens is 547 g/mol. The van der Waals surface area contributed by atoms with Crippen molar-refractivity contribution in [2.24, 2.45) is 7.05 Å². The molecule has 216 valence electrons. The molecule has 0 N–H and O–H groups in total. The van der Waals surface area contributed by atoms with Gasteiger partial charge in [-0.2, -0.15) is 13.2 Å². The normalized spacial score (nSPS) is 14.5. The van der Waals surface area contributed by atoms with Gasteiger partial charge >= 0.3 is 11.9 Å². The first-order chi connectivity index (χ1) is 20.2. The topological polar surface area (TPSA) is 80.7 Å². The summed E-state index contributed by atoms with van der Waals surface area (Å²) in [5.74, 6) is 0.724. The fraction of sp³-hybridized carbons (Fsp3) is 0.267. The highest BCUT2D eigenvalue weighted by molar-refractivity contribution is 5.75. The van der Waals surface area contributed by atoms with Gasteiger partial charge in [0.1, 0.15) is 18.4 Å². The maximum Gasteiger partial charge on any atom is 0.418 e. The summed E-state index contributed by atoms with van der Waals surface area (Å²) in [6.45, 7) is 2.94. The molecule has 1 fully saturated rings. The van der Waals surface area contributed by atoms with Gasteiger partial charge in [0.05, 0.1) is 16.8 Å². The van der Waals surface area contributed by atoms with Crippen molar-refractivity contribution < 1.29 is 18.0 Å². The first-order valence-corrected chi connectivity index (χ1v) is 13.5. The number of rotatable bonds is 7. The van der Waals surface area contributed by atoms with Crippen LogP contribution in [-0.2, 0) is 26.2 Å². The lowest BCUT2D eigenvalue weighted by Gasteiger charge is -2.36. The molecule has 1 saturated heterocycles. The summed E-state index contributed by atoms with van der Waals surface area (Å²) in [4.78, 5) is 28.7. The maximum absolute atomic E-state index is 14.2. The lowest BCUT2D eigenvalue weighted by molar-refractivity contribution is -0.136. The van der Waals surface area contributed by atoms with E-state index in [9.17, 15) is 22.8 Å². The number of pyridine rings is 1. The molecule has 5 aromatic rings. The number of aromatic nitrogens is 5. The van der Waals surface area contributed by atoms with E-state index in [1.54, 1.807) is 41.2 Å². The van der Waals surface area contributed by atoms with Gasteiger partial charge in [0, 0.05) is 69.8 Å². The molecule has 1 aliphatic heterocycles. The molecule has 0 radical (unpaired) electrons. The second-order valence-corrected chi connectivity index (χ2v) is 10.5. The summed E-state index contributed by atoms with van der Waals surface area (Å²) in [6.07, 6.45) is 0.977. The van der Waals surface area contributed by atoms with Gasteiger partial charge in [0.2, 0.25) is 0 Å². The van der Waals surface area contributed by atoms with Crippen molar-refractivity contribution in [3.63, 3.8) is 0 Å². The molecule has 0 atom stereocenters. The summed E-state index contributed by atoms with van der Waals surface area (Å²) >= 11 is 0. The molecule has 0 aliphatic carbocycles. The lowest BCUT2D eigenvalue weighted by atomic mass is 10.1. The second-order valence-electron chi connectivity index (χ2n) is 10.5. The van der Waals surface area contributed by atoms with E-state index in [-0.39, 0.29) is 12.1 Å². The van der Waals surface area contributed by atoms with Gasteiger partial charge < -0.3 is 9.47 Å². The highest BCUT2D eigenvalue weighted by Crippen LogP contribution is 2.33. The molecule has 3 aromatic heterocycles. The van der Waals surface area contributed by atoms with E-state index < -0.39 is 17.4 Å². The third-order valence-corrected chi connectivity index (χ3v) is 7.66. The van der Waals surface area contributed by atoms with Crippen molar-refractivity contribution in [3.05, 3.63) is 112 Å². The van der Waals surface area contributed by atoms with E-state index in [2.05, 4.69) is 20.0 Å². The van der Waals surface area contributed by atoms with Crippen LogP contribution in [0, 0.1) is 0 Å². The van der Waals surface area contributed by atoms with Crippen molar-refractivity contribution in [2.45, 2.75) is 19.1 Å². The quantitative estimate of drug-likeness (QED) is 0.274. The number of carbonyl (C=O) groups excluding carboxylic acids is 1. The van der Waals surface area contributed by atoms with Gasteiger partial charge in [0.15, 0.2) is 0 Å². The number of carbonyl (C=O) groups is 1. The van der Waals surface area contributed by atoms with Crippen LogP contribution < -0.4 is 10.6 Å². The summed E-state index contributed by atoms with van der Waals surface area (Å²) in [7, 11) is 1.83. The second kappa shape index (κ2) is 10.9. The minimum atomic E-state index is -4.64. The zero-order chi connectivity index (χ0) is 29.4. The molecule has 0 unspecified atom stereocenters. The number of imidazole rings is 1. The highest BCUT2D eigenvalue weighted by atomic mass is 19.4. The molecule has 2 aromatic carbocycles. The Bertz CT molecular complexity index is 1800. The summed E-state index contributed by atoms with van der Waals surface area (Å²) in [5, 5.41) is 7.96. The van der Waals surface area contributed by atoms with Gasteiger partial charge in [-0.15, -0.1) is 10.2 Å². The van der Waals surface area contributed by atoms with Gasteiger partial charge in [0.25, 0.3) is 0 Å². The number of halogens is 3. The Balaban J connectivity index is 1.26. The summed E-state index contributed by atoms with van der Waals surface area (Å²) in [5.41, 5.74) is 1.71. The number of nitrogens with zero attached hydrogens (tertiary/aromatic N) is 7. The number of alkyl halides is 3. The van der Waals surface area contributed by atoms with Crippen LogP contribution in [0.5, 0.6) is 0 Å². The zero-order valence-electron chi connectivity index (χ0n) is 22.8. The average Bonchev–Trinajstić information content (AvgIpc) is 3.54. The summed E-state index contributed by atoms with van der Waals surface area (Å²) < 4.78 is 46.9. The van der Waals surface area contributed by atoms with Crippen LogP contribution in [0.1, 0.15) is 32.9 Å². The third-order valence-electron chi connectivity index (χ3n) is 7.66. The van der Waals surface area contributed by atoms with E-state index >= 15 is 0 Å². The Morgan fingerprint density at radius 3 is 2.36 bits per heavy atom. The van der Waals surface area contributed by atoms with Crippen LogP contribution in [0.4, 0.5) is 18.9 Å². The fourth-order valence-corrected chi connectivity index (χ4v) is 5.40. The molecular formula is C30H28F3N7O2. The fourth-order valence-electron chi connectivity index (χ4n) is 5.40. The smallest absolute Gasteiger partial charge is 0.369 e. The Morgan fingerprint density at radius 2 is 1.69 bits per heavy atom. The maximum atomic E-state index is 14.2. The highest BCUT2D eigenvalue weighted by Gasteiger charge is 2.35. The Labute approximate surface area is 239 Å². The first-order valence-electron chi connectivity index (χ1n) is 13.5. The number of aryl methyl sites for hydroxylation is 1. The molecule has 12 heteroatoms. The molecule has 6 rings (SSSR count). The van der Waals surface area contributed by atoms with Gasteiger partial charge in [-0.25, -0.2) is 4.79 Å².